The molecule has 13 heteroatoms. The molecule has 0 saturated carbocycles. The van der Waals surface area contributed by atoms with Gasteiger partial charge in [-0.2, -0.15) is 13.2 Å². The second-order valence-corrected chi connectivity index (χ2v) is 7.79. The van der Waals surface area contributed by atoms with Gasteiger partial charge in [0.25, 0.3) is 5.56 Å². The first-order valence-corrected chi connectivity index (χ1v) is 10.5. The van der Waals surface area contributed by atoms with Gasteiger partial charge in [0.05, 0.1) is 16.3 Å². The van der Waals surface area contributed by atoms with E-state index in [4.69, 9.17) is 21.2 Å². The summed E-state index contributed by atoms with van der Waals surface area (Å²) in [7, 11) is 0.779. The van der Waals surface area contributed by atoms with Crippen molar-refractivity contribution in [3.63, 3.8) is 0 Å². The van der Waals surface area contributed by atoms with Crippen molar-refractivity contribution >= 4 is 17.6 Å². The lowest BCUT2D eigenvalue weighted by Gasteiger charge is -2.15. The van der Waals surface area contributed by atoms with E-state index < -0.39 is 46.2 Å². The summed E-state index contributed by atoms with van der Waals surface area (Å²) < 4.78 is 59.0. The summed E-state index contributed by atoms with van der Waals surface area (Å²) in [5.41, 5.74) is -1.87. The number of allylic oxidation sites excluding steroid dienone is 2. The number of hydroxylamine groups is 1. The normalized spacial score (nSPS) is 14.0. The molecule has 0 bridgehead atoms. The second-order valence-electron chi connectivity index (χ2n) is 7.39. The predicted molar refractivity (Wildman–Crippen MR) is 113 cm³/mol. The van der Waals surface area contributed by atoms with Crippen molar-refractivity contribution < 1.29 is 31.9 Å². The van der Waals surface area contributed by atoms with Gasteiger partial charge in [0.15, 0.2) is 0 Å². The average molecular weight is 506 g/mol. The maximum Gasteiger partial charge on any atom is 0.431 e. The highest BCUT2D eigenvalue weighted by Crippen LogP contribution is 2.27. The number of rotatable bonds is 7. The lowest BCUT2D eigenvalue weighted by molar-refractivity contribution is -0.144. The molecule has 0 atom stereocenters. The molecular formula is C21H20ClF4N3O5. The third-order valence-corrected chi connectivity index (χ3v) is 5.33. The minimum Gasteiger partial charge on any atom is -0.459 e. The van der Waals surface area contributed by atoms with E-state index in [0.29, 0.717) is 6.07 Å². The highest BCUT2D eigenvalue weighted by Gasteiger charge is 2.35. The number of halogens is 5. The van der Waals surface area contributed by atoms with Crippen LogP contribution in [-0.2, 0) is 22.8 Å². The number of nitrogens with zero attached hydrogens (tertiary/aromatic N) is 2. The van der Waals surface area contributed by atoms with E-state index >= 15 is 0 Å². The van der Waals surface area contributed by atoms with Gasteiger partial charge in [-0.3, -0.25) is 19.7 Å². The molecule has 34 heavy (non-hydrogen) atoms. The van der Waals surface area contributed by atoms with Gasteiger partial charge in [-0.05, 0) is 37.8 Å². The zero-order chi connectivity index (χ0) is 25.0. The van der Waals surface area contributed by atoms with Crippen LogP contribution < -0.4 is 16.7 Å². The summed E-state index contributed by atoms with van der Waals surface area (Å²) in [6.07, 6.45) is 0.947. The Morgan fingerprint density at radius 2 is 1.91 bits per heavy atom. The third-order valence-electron chi connectivity index (χ3n) is 5.02. The van der Waals surface area contributed by atoms with Crippen LogP contribution in [0, 0.1) is 5.82 Å². The molecule has 1 aromatic carbocycles. The number of carbonyl (C=O) groups is 1. The van der Waals surface area contributed by atoms with Crippen LogP contribution in [0.5, 0.6) is 0 Å². The Labute approximate surface area is 195 Å². The molecule has 1 aliphatic rings. The Kier molecular flexibility index (Phi) is 7.82. The van der Waals surface area contributed by atoms with Crippen LogP contribution in [-0.4, -0.2) is 28.3 Å². The number of benzene rings is 1. The van der Waals surface area contributed by atoms with Crippen molar-refractivity contribution in [3.8, 4) is 5.69 Å². The summed E-state index contributed by atoms with van der Waals surface area (Å²) in [4.78, 5) is 42.3. The highest BCUT2D eigenvalue weighted by atomic mass is 35.5. The number of esters is 1. The van der Waals surface area contributed by atoms with Crippen molar-refractivity contribution in [1.29, 1.82) is 0 Å². The topological polar surface area (TPSA) is 91.6 Å². The van der Waals surface area contributed by atoms with Gasteiger partial charge in [-0.15, -0.1) is 0 Å². The van der Waals surface area contributed by atoms with E-state index in [1.54, 1.807) is 0 Å². The van der Waals surface area contributed by atoms with Crippen LogP contribution in [0.15, 0.2) is 39.6 Å². The fourth-order valence-electron chi connectivity index (χ4n) is 3.31. The number of nitrogens with one attached hydrogen (secondary N) is 1. The Morgan fingerprint density at radius 3 is 2.56 bits per heavy atom. The first-order valence-electron chi connectivity index (χ1n) is 10.1. The number of alkyl halides is 3. The van der Waals surface area contributed by atoms with Gasteiger partial charge in [0.2, 0.25) is 0 Å². The summed E-state index contributed by atoms with van der Waals surface area (Å²) in [6, 6.07) is 1.58. The van der Waals surface area contributed by atoms with Crippen LogP contribution in [0.25, 0.3) is 5.69 Å². The maximum atomic E-state index is 14.5. The minimum absolute atomic E-state index is 0.0202. The molecule has 0 radical (unpaired) electrons. The molecular weight excluding hydrogens is 486 g/mol. The average Bonchev–Trinajstić information content (AvgIpc) is 2.77. The molecule has 0 amide bonds. The molecule has 3 rings (SSSR count). The third kappa shape index (κ3) is 5.68. The summed E-state index contributed by atoms with van der Waals surface area (Å²) in [5, 5.41) is -0.380. The van der Waals surface area contributed by atoms with Crippen LogP contribution in [0.2, 0.25) is 5.02 Å². The molecule has 8 nitrogen and oxygen atoms in total. The Hall–Kier alpha value is -3.12. The molecule has 1 heterocycles. The van der Waals surface area contributed by atoms with Crippen molar-refractivity contribution in [1.82, 2.24) is 14.6 Å². The van der Waals surface area contributed by atoms with E-state index in [-0.39, 0.29) is 33.4 Å². The number of carbonyl (C=O) groups excluding carboxylic acids is 1. The molecule has 1 aliphatic carbocycles. The zero-order valence-electron chi connectivity index (χ0n) is 17.9. The van der Waals surface area contributed by atoms with Gasteiger partial charge in [-0.25, -0.2) is 18.5 Å². The summed E-state index contributed by atoms with van der Waals surface area (Å²) in [6.45, 7) is -0.224. The fraction of sp³-hybridized carbons (Fsp3) is 0.381. The molecule has 0 unspecified atom stereocenters. The smallest absolute Gasteiger partial charge is 0.431 e. The van der Waals surface area contributed by atoms with Crippen molar-refractivity contribution in [2.45, 2.75) is 31.9 Å². The molecule has 0 fully saturated rings. The van der Waals surface area contributed by atoms with Crippen molar-refractivity contribution in [2.75, 3.05) is 13.2 Å². The fourth-order valence-corrected chi connectivity index (χ4v) is 3.54. The highest BCUT2D eigenvalue weighted by molar-refractivity contribution is 6.33. The van der Waals surface area contributed by atoms with Crippen LogP contribution in [0.4, 0.5) is 17.6 Å². The van der Waals surface area contributed by atoms with E-state index in [2.05, 4.69) is 5.48 Å². The minimum atomic E-state index is -4.98. The molecule has 1 N–H and O–H groups in total. The largest absolute Gasteiger partial charge is 0.459 e. The predicted octanol–water partition coefficient (Wildman–Crippen LogP) is 3.48. The summed E-state index contributed by atoms with van der Waals surface area (Å²) in [5.74, 6) is -2.21. The van der Waals surface area contributed by atoms with Crippen molar-refractivity contribution in [2.24, 2.45) is 7.05 Å². The molecule has 0 saturated heterocycles. The van der Waals surface area contributed by atoms with Gasteiger partial charge in [0, 0.05) is 18.8 Å². The monoisotopic (exact) mass is 505 g/mol. The van der Waals surface area contributed by atoms with E-state index in [0.717, 1.165) is 44.5 Å². The number of hydrogen-bond donors (Lipinski definition) is 1. The Morgan fingerprint density at radius 1 is 1.18 bits per heavy atom. The lowest BCUT2D eigenvalue weighted by atomic mass is 10.1. The van der Waals surface area contributed by atoms with Gasteiger partial charge in [-0.1, -0.05) is 17.7 Å². The molecule has 184 valence electrons. The molecule has 0 aliphatic heterocycles. The SMILES string of the molecule is Cn1c(C(F)(F)F)cc(=O)n(-c2cc(C(=O)OCCONC3=CCCCC3)c(Cl)cc2F)c1=O. The number of ether oxygens (including phenoxy) is 1. The first-order chi connectivity index (χ1) is 16.0. The van der Waals surface area contributed by atoms with E-state index in [1.165, 1.54) is 0 Å². The van der Waals surface area contributed by atoms with Crippen LogP contribution >= 0.6 is 11.6 Å². The maximum absolute atomic E-state index is 14.5. The van der Waals surface area contributed by atoms with Gasteiger partial charge in [0.1, 0.15) is 24.7 Å². The zero-order valence-corrected chi connectivity index (χ0v) is 18.6. The van der Waals surface area contributed by atoms with Gasteiger partial charge < -0.3 is 4.74 Å². The number of aromatic nitrogens is 2. The Balaban J connectivity index is 1.79. The second kappa shape index (κ2) is 10.4. The lowest BCUT2D eigenvalue weighted by Crippen LogP contribution is -2.41. The van der Waals surface area contributed by atoms with Crippen LogP contribution in [0.3, 0.4) is 0 Å². The van der Waals surface area contributed by atoms with E-state index in [9.17, 15) is 31.9 Å². The number of hydrogen-bond acceptors (Lipinski definition) is 6. The molecule has 2 aromatic rings. The van der Waals surface area contributed by atoms with Crippen molar-refractivity contribution in [3.05, 3.63) is 72.9 Å². The molecule has 0 spiro atoms. The first kappa shape index (κ1) is 25.5. The van der Waals surface area contributed by atoms with E-state index in [1.807, 2.05) is 6.08 Å². The van der Waals surface area contributed by atoms with Gasteiger partial charge >= 0.3 is 17.8 Å². The molecule has 1 aromatic heterocycles. The summed E-state index contributed by atoms with van der Waals surface area (Å²) >= 11 is 5.91. The van der Waals surface area contributed by atoms with Crippen LogP contribution in [0.1, 0.15) is 41.7 Å². The standard InChI is InChI=1S/C21H20ClF4N3O5/c1-28-17(21(24,25)26)11-18(30)29(20(28)32)16-9-13(14(22)10-15(16)23)19(31)33-7-8-34-27-12-5-3-2-4-6-12/h5,9-11,27H,2-4,6-8H2,1H3. The quantitative estimate of drug-likeness (QED) is 0.268. The Bertz CT molecular complexity index is 1240.